The number of anilines is 1. The van der Waals surface area contributed by atoms with E-state index < -0.39 is 0 Å². The van der Waals surface area contributed by atoms with Crippen LogP contribution in [0.25, 0.3) is 0 Å². The van der Waals surface area contributed by atoms with Crippen LogP contribution in [0.1, 0.15) is 19.4 Å². The number of hydrogen-bond donors (Lipinski definition) is 1. The Morgan fingerprint density at radius 2 is 1.94 bits per heavy atom. The maximum Gasteiger partial charge on any atom is 0.0646 e. The Kier molecular flexibility index (Phi) is 6.17. The third kappa shape index (κ3) is 4.41. The standard InChI is InChI=1S/C13H21ClN2S/c1-4-16(5-2)6-7-17-13-9-11(14)12(15)8-10(13)3/h8-9H,4-7,15H2,1-3H3. The molecule has 0 atom stereocenters. The first-order chi connectivity index (χ1) is 8.08. The smallest absolute Gasteiger partial charge is 0.0646 e. The van der Waals surface area contributed by atoms with Gasteiger partial charge in [-0.25, -0.2) is 0 Å². The lowest BCUT2D eigenvalue weighted by Crippen LogP contribution is -2.25. The van der Waals surface area contributed by atoms with Crippen molar-refractivity contribution in [2.24, 2.45) is 0 Å². The molecule has 1 aromatic carbocycles. The molecule has 0 aliphatic heterocycles. The van der Waals surface area contributed by atoms with Crippen LogP contribution in [0.5, 0.6) is 0 Å². The van der Waals surface area contributed by atoms with Gasteiger partial charge in [0.25, 0.3) is 0 Å². The SMILES string of the molecule is CCN(CC)CCSc1cc(Cl)c(N)cc1C. The Morgan fingerprint density at radius 3 is 2.53 bits per heavy atom. The number of thioether (sulfide) groups is 1. The van der Waals surface area contributed by atoms with Gasteiger partial charge in [0.05, 0.1) is 10.7 Å². The Bertz CT molecular complexity index is 365. The molecule has 1 rings (SSSR count). The number of aryl methyl sites for hydroxylation is 1. The van der Waals surface area contributed by atoms with Gasteiger partial charge < -0.3 is 10.6 Å². The summed E-state index contributed by atoms with van der Waals surface area (Å²) in [5, 5.41) is 0.654. The average Bonchev–Trinajstić information content (AvgIpc) is 2.31. The summed E-state index contributed by atoms with van der Waals surface area (Å²) in [6, 6.07) is 3.92. The third-order valence-electron chi connectivity index (χ3n) is 2.85. The van der Waals surface area contributed by atoms with Crippen molar-refractivity contribution in [3.8, 4) is 0 Å². The van der Waals surface area contributed by atoms with Crippen LogP contribution in [0.15, 0.2) is 17.0 Å². The quantitative estimate of drug-likeness (QED) is 0.633. The van der Waals surface area contributed by atoms with E-state index in [4.69, 9.17) is 17.3 Å². The van der Waals surface area contributed by atoms with Crippen LogP contribution in [0, 0.1) is 6.92 Å². The molecule has 0 amide bonds. The number of nitrogens with two attached hydrogens (primary N) is 1. The van der Waals surface area contributed by atoms with Gasteiger partial charge in [-0.15, -0.1) is 11.8 Å². The van der Waals surface area contributed by atoms with Crippen LogP contribution >= 0.6 is 23.4 Å². The zero-order valence-electron chi connectivity index (χ0n) is 10.8. The van der Waals surface area contributed by atoms with Crippen molar-refractivity contribution >= 4 is 29.1 Å². The molecule has 0 unspecified atom stereocenters. The number of nitrogens with zero attached hydrogens (tertiary/aromatic N) is 1. The van der Waals surface area contributed by atoms with Crippen LogP contribution in [0.3, 0.4) is 0 Å². The van der Waals surface area contributed by atoms with Gasteiger partial charge in [-0.3, -0.25) is 0 Å². The van der Waals surface area contributed by atoms with Crippen molar-refractivity contribution in [3.63, 3.8) is 0 Å². The van der Waals surface area contributed by atoms with Gasteiger partial charge in [0, 0.05) is 17.2 Å². The molecule has 0 aromatic heterocycles. The van der Waals surface area contributed by atoms with E-state index in [2.05, 4.69) is 25.7 Å². The first-order valence-electron chi connectivity index (χ1n) is 5.99. The van der Waals surface area contributed by atoms with Gasteiger partial charge in [0.2, 0.25) is 0 Å². The molecule has 0 aliphatic carbocycles. The molecule has 0 radical (unpaired) electrons. The monoisotopic (exact) mass is 272 g/mol. The highest BCUT2D eigenvalue weighted by atomic mass is 35.5. The fraction of sp³-hybridized carbons (Fsp3) is 0.538. The molecule has 1 aromatic rings. The Balaban J connectivity index is 2.55. The van der Waals surface area contributed by atoms with Crippen molar-refractivity contribution in [2.75, 3.05) is 31.1 Å². The number of halogens is 1. The van der Waals surface area contributed by atoms with Crippen LogP contribution < -0.4 is 5.73 Å². The van der Waals surface area contributed by atoms with Crippen molar-refractivity contribution in [2.45, 2.75) is 25.7 Å². The molecule has 96 valence electrons. The fourth-order valence-corrected chi connectivity index (χ4v) is 2.95. The first-order valence-corrected chi connectivity index (χ1v) is 7.35. The predicted octanol–water partition coefficient (Wildman–Crippen LogP) is 3.66. The van der Waals surface area contributed by atoms with Gasteiger partial charge in [0.1, 0.15) is 0 Å². The topological polar surface area (TPSA) is 29.3 Å². The molecule has 0 fully saturated rings. The molecule has 0 saturated heterocycles. The second-order valence-corrected chi connectivity index (χ2v) is 5.56. The lowest BCUT2D eigenvalue weighted by atomic mass is 10.2. The maximum absolute atomic E-state index is 6.03. The first kappa shape index (κ1) is 14.7. The molecule has 2 N–H and O–H groups in total. The third-order valence-corrected chi connectivity index (χ3v) is 4.32. The fourth-order valence-electron chi connectivity index (χ4n) is 1.67. The zero-order valence-corrected chi connectivity index (χ0v) is 12.4. The minimum Gasteiger partial charge on any atom is -0.398 e. The highest BCUT2D eigenvalue weighted by Gasteiger charge is 2.05. The van der Waals surface area contributed by atoms with Gasteiger partial charge in [-0.05, 0) is 37.7 Å². The van der Waals surface area contributed by atoms with Crippen molar-refractivity contribution < 1.29 is 0 Å². The normalized spacial score (nSPS) is 11.1. The summed E-state index contributed by atoms with van der Waals surface area (Å²) < 4.78 is 0. The van der Waals surface area contributed by atoms with Crippen LogP contribution in [0.2, 0.25) is 5.02 Å². The summed E-state index contributed by atoms with van der Waals surface area (Å²) in [4.78, 5) is 3.65. The van der Waals surface area contributed by atoms with E-state index in [9.17, 15) is 0 Å². The van der Waals surface area contributed by atoms with Crippen LogP contribution in [0.4, 0.5) is 5.69 Å². The molecule has 2 nitrogen and oxygen atoms in total. The average molecular weight is 273 g/mol. The highest BCUT2D eigenvalue weighted by Crippen LogP contribution is 2.29. The Labute approximate surface area is 114 Å². The van der Waals surface area contributed by atoms with E-state index in [1.807, 2.05) is 23.9 Å². The summed E-state index contributed by atoms with van der Waals surface area (Å²) in [6.45, 7) is 9.79. The highest BCUT2D eigenvalue weighted by molar-refractivity contribution is 7.99. The number of rotatable bonds is 6. The molecular weight excluding hydrogens is 252 g/mol. The minimum absolute atomic E-state index is 0.654. The van der Waals surface area contributed by atoms with E-state index >= 15 is 0 Å². The van der Waals surface area contributed by atoms with Gasteiger partial charge in [-0.2, -0.15) is 0 Å². The van der Waals surface area contributed by atoms with Crippen molar-refractivity contribution in [1.29, 1.82) is 0 Å². The molecule has 0 bridgehead atoms. The number of hydrogen-bond acceptors (Lipinski definition) is 3. The Hall–Kier alpha value is -0.380. The molecule has 0 heterocycles. The molecule has 17 heavy (non-hydrogen) atoms. The molecule has 0 saturated carbocycles. The summed E-state index contributed by atoms with van der Waals surface area (Å²) >= 11 is 7.88. The number of nitrogen functional groups attached to an aromatic ring is 1. The second-order valence-electron chi connectivity index (χ2n) is 4.01. The summed E-state index contributed by atoms with van der Waals surface area (Å²) in [6.07, 6.45) is 0. The summed E-state index contributed by atoms with van der Waals surface area (Å²) in [5.41, 5.74) is 7.63. The van der Waals surface area contributed by atoms with Crippen LogP contribution in [-0.2, 0) is 0 Å². The number of benzene rings is 1. The lowest BCUT2D eigenvalue weighted by Gasteiger charge is -2.17. The van der Waals surface area contributed by atoms with E-state index in [0.717, 1.165) is 25.4 Å². The van der Waals surface area contributed by atoms with Gasteiger partial charge in [-0.1, -0.05) is 25.4 Å². The van der Waals surface area contributed by atoms with Gasteiger partial charge >= 0.3 is 0 Å². The zero-order chi connectivity index (χ0) is 12.8. The van der Waals surface area contributed by atoms with E-state index in [-0.39, 0.29) is 0 Å². The maximum atomic E-state index is 6.03. The largest absolute Gasteiger partial charge is 0.398 e. The van der Waals surface area contributed by atoms with E-state index in [1.165, 1.54) is 10.5 Å². The van der Waals surface area contributed by atoms with Crippen molar-refractivity contribution in [1.82, 2.24) is 4.90 Å². The lowest BCUT2D eigenvalue weighted by molar-refractivity contribution is 0.324. The molecular formula is C13H21ClN2S. The van der Waals surface area contributed by atoms with Crippen LogP contribution in [-0.4, -0.2) is 30.3 Å². The van der Waals surface area contributed by atoms with E-state index in [1.54, 1.807) is 0 Å². The minimum atomic E-state index is 0.654. The summed E-state index contributed by atoms with van der Waals surface area (Å²) in [5.74, 6) is 1.09. The Morgan fingerprint density at radius 1 is 1.29 bits per heavy atom. The van der Waals surface area contributed by atoms with Crippen molar-refractivity contribution in [3.05, 3.63) is 22.7 Å². The van der Waals surface area contributed by atoms with Gasteiger partial charge in [0.15, 0.2) is 0 Å². The summed E-state index contributed by atoms with van der Waals surface area (Å²) in [7, 11) is 0. The molecule has 0 spiro atoms. The second kappa shape index (κ2) is 7.14. The molecule has 4 heteroatoms. The predicted molar refractivity (Wildman–Crippen MR) is 79.1 cm³/mol. The molecule has 0 aliphatic rings. The van der Waals surface area contributed by atoms with E-state index in [0.29, 0.717) is 10.7 Å².